The lowest BCUT2D eigenvalue weighted by Crippen LogP contribution is -2.39. The molecule has 2 heterocycles. The molecule has 1 aliphatic rings. The molecule has 0 saturated carbocycles. The zero-order valence-electron chi connectivity index (χ0n) is 11.4. The zero-order chi connectivity index (χ0) is 15.0. The number of esters is 1. The number of ether oxygens (including phenoxy) is 1. The Balaban J connectivity index is 1.86. The number of amides is 1. The second kappa shape index (κ2) is 4.83. The predicted molar refractivity (Wildman–Crippen MR) is 72.5 cm³/mol. The van der Waals surface area contributed by atoms with Crippen LogP contribution in [0.15, 0.2) is 24.3 Å². The molecule has 0 bridgehead atoms. The predicted octanol–water partition coefficient (Wildman–Crippen LogP) is 1.29. The molecule has 1 aromatic carbocycles. The first-order valence-electron chi connectivity index (χ1n) is 6.55. The number of nitrogens with one attached hydrogen (secondary N) is 1. The van der Waals surface area contributed by atoms with Crippen LogP contribution in [0, 0.1) is 0 Å². The smallest absolute Gasteiger partial charge is 0.345 e. The fourth-order valence-corrected chi connectivity index (χ4v) is 2.57. The van der Waals surface area contributed by atoms with Crippen LogP contribution in [0.5, 0.6) is 0 Å². The number of alkyl halides is 1. The van der Waals surface area contributed by atoms with Crippen molar-refractivity contribution < 1.29 is 18.7 Å². The van der Waals surface area contributed by atoms with Crippen molar-refractivity contribution in [2.75, 3.05) is 20.2 Å². The van der Waals surface area contributed by atoms with Gasteiger partial charge in [-0.2, -0.15) is 5.10 Å². The molecule has 0 radical (unpaired) electrons. The quantitative estimate of drug-likeness (QED) is 0.846. The SMILES string of the molecule is COC(=O)[C@]1(F)CCN(C(=O)c2n[nH]c3ccccc23)C1. The molecule has 1 atom stereocenters. The van der Waals surface area contributed by atoms with Crippen molar-refractivity contribution in [1.82, 2.24) is 15.1 Å². The number of methoxy groups -OCH3 is 1. The summed E-state index contributed by atoms with van der Waals surface area (Å²) in [5.41, 5.74) is -1.16. The highest BCUT2D eigenvalue weighted by Gasteiger charge is 2.48. The van der Waals surface area contributed by atoms with Crippen molar-refractivity contribution in [3.05, 3.63) is 30.0 Å². The van der Waals surface area contributed by atoms with Crippen molar-refractivity contribution >= 4 is 22.8 Å². The second-order valence-electron chi connectivity index (χ2n) is 5.05. The van der Waals surface area contributed by atoms with Crippen LogP contribution in [-0.2, 0) is 9.53 Å². The molecule has 1 amide bonds. The van der Waals surface area contributed by atoms with E-state index in [0.29, 0.717) is 5.39 Å². The summed E-state index contributed by atoms with van der Waals surface area (Å²) in [6.07, 6.45) is -0.0617. The Bertz CT molecular complexity index is 714. The van der Waals surface area contributed by atoms with E-state index < -0.39 is 17.5 Å². The summed E-state index contributed by atoms with van der Waals surface area (Å²) >= 11 is 0. The number of hydrogen-bond acceptors (Lipinski definition) is 4. The third-order valence-corrected chi connectivity index (χ3v) is 3.73. The Morgan fingerprint density at radius 1 is 1.43 bits per heavy atom. The Morgan fingerprint density at radius 3 is 2.95 bits per heavy atom. The van der Waals surface area contributed by atoms with E-state index in [0.717, 1.165) is 12.6 Å². The number of carbonyl (C=O) groups excluding carboxylic acids is 2. The summed E-state index contributed by atoms with van der Waals surface area (Å²) in [5, 5.41) is 7.44. The number of fused-ring (bicyclic) bond motifs is 1. The van der Waals surface area contributed by atoms with Crippen molar-refractivity contribution in [1.29, 1.82) is 0 Å². The number of carbonyl (C=O) groups is 2. The fourth-order valence-electron chi connectivity index (χ4n) is 2.57. The van der Waals surface area contributed by atoms with Gasteiger partial charge in [-0.15, -0.1) is 0 Å². The molecule has 0 spiro atoms. The van der Waals surface area contributed by atoms with E-state index in [9.17, 15) is 14.0 Å². The third kappa shape index (κ3) is 2.14. The molecule has 1 fully saturated rings. The standard InChI is InChI=1S/C14H14FN3O3/c1-21-13(20)14(15)6-7-18(8-14)12(19)11-9-4-2-3-5-10(9)16-17-11/h2-5H,6-8H2,1H3,(H,16,17)/t14-/m0/s1. The van der Waals surface area contributed by atoms with Crippen LogP contribution in [0.1, 0.15) is 16.9 Å². The molecule has 1 saturated heterocycles. The van der Waals surface area contributed by atoms with Gasteiger partial charge in [0.15, 0.2) is 5.69 Å². The Labute approximate surface area is 119 Å². The molecule has 6 nitrogen and oxygen atoms in total. The summed E-state index contributed by atoms with van der Waals surface area (Å²) in [7, 11) is 1.13. The van der Waals surface area contributed by atoms with Gasteiger partial charge >= 0.3 is 5.97 Å². The van der Waals surface area contributed by atoms with Gasteiger partial charge in [-0.1, -0.05) is 18.2 Å². The van der Waals surface area contributed by atoms with E-state index in [-0.39, 0.29) is 25.2 Å². The van der Waals surface area contributed by atoms with E-state index in [2.05, 4.69) is 14.9 Å². The number of aromatic nitrogens is 2. The molecule has 1 N–H and O–H groups in total. The molecule has 2 aromatic rings. The maximum atomic E-state index is 14.4. The lowest BCUT2D eigenvalue weighted by molar-refractivity contribution is -0.153. The van der Waals surface area contributed by atoms with Crippen molar-refractivity contribution in [2.45, 2.75) is 12.1 Å². The Kier molecular flexibility index (Phi) is 3.12. The minimum absolute atomic E-state index is 0.0617. The highest BCUT2D eigenvalue weighted by Crippen LogP contribution is 2.29. The molecule has 0 unspecified atom stereocenters. The van der Waals surface area contributed by atoms with Gasteiger partial charge in [0, 0.05) is 18.4 Å². The van der Waals surface area contributed by atoms with Gasteiger partial charge in [-0.25, -0.2) is 9.18 Å². The minimum Gasteiger partial charge on any atom is -0.467 e. The van der Waals surface area contributed by atoms with Crippen LogP contribution in [0.25, 0.3) is 10.9 Å². The summed E-state index contributed by atoms with van der Waals surface area (Å²) < 4.78 is 18.8. The first-order chi connectivity index (χ1) is 10.0. The van der Waals surface area contributed by atoms with Crippen LogP contribution in [0.2, 0.25) is 0 Å². The van der Waals surface area contributed by atoms with Crippen molar-refractivity contribution in [3.63, 3.8) is 0 Å². The number of halogens is 1. The van der Waals surface area contributed by atoms with Crippen LogP contribution < -0.4 is 0 Å². The molecule has 0 aliphatic carbocycles. The van der Waals surface area contributed by atoms with Crippen LogP contribution in [-0.4, -0.2) is 52.8 Å². The highest BCUT2D eigenvalue weighted by molar-refractivity contribution is 6.05. The first kappa shape index (κ1) is 13.5. The van der Waals surface area contributed by atoms with Gasteiger partial charge in [-0.05, 0) is 6.07 Å². The Morgan fingerprint density at radius 2 is 2.19 bits per heavy atom. The first-order valence-corrected chi connectivity index (χ1v) is 6.55. The number of nitrogens with zero attached hydrogens (tertiary/aromatic N) is 2. The number of aromatic amines is 1. The number of likely N-dealkylation sites (tertiary alicyclic amines) is 1. The second-order valence-corrected chi connectivity index (χ2v) is 5.05. The van der Waals surface area contributed by atoms with Crippen LogP contribution >= 0.6 is 0 Å². The van der Waals surface area contributed by atoms with Crippen LogP contribution in [0.4, 0.5) is 4.39 Å². The molecular weight excluding hydrogens is 277 g/mol. The lowest BCUT2D eigenvalue weighted by atomic mass is 10.1. The molecule has 1 aromatic heterocycles. The van der Waals surface area contributed by atoms with Crippen molar-refractivity contribution in [2.24, 2.45) is 0 Å². The topological polar surface area (TPSA) is 75.3 Å². The number of H-pyrrole nitrogens is 1. The van der Waals surface area contributed by atoms with Gasteiger partial charge in [0.1, 0.15) is 0 Å². The average molecular weight is 291 g/mol. The van der Waals surface area contributed by atoms with E-state index in [1.54, 1.807) is 18.2 Å². The highest BCUT2D eigenvalue weighted by atomic mass is 19.1. The molecule has 7 heteroatoms. The monoisotopic (exact) mass is 291 g/mol. The van der Waals surface area contributed by atoms with E-state index >= 15 is 0 Å². The molecule has 1 aliphatic heterocycles. The van der Waals surface area contributed by atoms with E-state index in [1.165, 1.54) is 4.90 Å². The Hall–Kier alpha value is -2.44. The minimum atomic E-state index is -2.13. The van der Waals surface area contributed by atoms with E-state index in [4.69, 9.17) is 0 Å². The largest absolute Gasteiger partial charge is 0.467 e. The third-order valence-electron chi connectivity index (χ3n) is 3.73. The van der Waals surface area contributed by atoms with Gasteiger partial charge in [0.25, 0.3) is 5.91 Å². The maximum absolute atomic E-state index is 14.4. The van der Waals surface area contributed by atoms with Gasteiger partial charge in [0.2, 0.25) is 5.67 Å². The molecule has 110 valence electrons. The van der Waals surface area contributed by atoms with Crippen molar-refractivity contribution in [3.8, 4) is 0 Å². The molecule has 21 heavy (non-hydrogen) atoms. The molecular formula is C14H14FN3O3. The summed E-state index contributed by atoms with van der Waals surface area (Å²) in [5.74, 6) is -1.33. The number of hydrogen-bond donors (Lipinski definition) is 1. The average Bonchev–Trinajstić information content (AvgIpc) is 3.10. The number of rotatable bonds is 2. The van der Waals surface area contributed by atoms with Gasteiger partial charge in [-0.3, -0.25) is 9.89 Å². The number of benzene rings is 1. The summed E-state index contributed by atoms with van der Waals surface area (Å²) in [6, 6.07) is 7.20. The lowest BCUT2D eigenvalue weighted by Gasteiger charge is -2.18. The summed E-state index contributed by atoms with van der Waals surface area (Å²) in [6.45, 7) is -0.148. The summed E-state index contributed by atoms with van der Waals surface area (Å²) in [4.78, 5) is 25.2. The zero-order valence-corrected chi connectivity index (χ0v) is 11.4. The molecule has 3 rings (SSSR count). The fraction of sp³-hybridized carbons (Fsp3) is 0.357. The van der Waals surface area contributed by atoms with Gasteiger partial charge in [0.05, 0.1) is 19.2 Å². The normalized spacial score (nSPS) is 21.7. The van der Waals surface area contributed by atoms with E-state index in [1.807, 2.05) is 6.07 Å². The van der Waals surface area contributed by atoms with Crippen LogP contribution in [0.3, 0.4) is 0 Å². The van der Waals surface area contributed by atoms with Gasteiger partial charge < -0.3 is 9.64 Å². The maximum Gasteiger partial charge on any atom is 0.345 e. The number of para-hydroxylation sites is 1.